The molecule has 6 heteroatoms. The summed E-state index contributed by atoms with van der Waals surface area (Å²) < 4.78 is 36.2. The maximum atomic E-state index is 15.3. The molecule has 0 N–H and O–H groups in total. The first-order chi connectivity index (χ1) is 18.8. The Morgan fingerprint density at radius 3 is 2.62 bits per heavy atom. The summed E-state index contributed by atoms with van der Waals surface area (Å²) in [6.07, 6.45) is 5.96. The van der Waals surface area contributed by atoms with Gasteiger partial charge in [0.15, 0.2) is 11.6 Å². The molecule has 2 aromatic heterocycles. The van der Waals surface area contributed by atoms with E-state index in [0.29, 0.717) is 12.4 Å². The van der Waals surface area contributed by atoms with Gasteiger partial charge in [-0.05, 0) is 104 Å². The average Bonchev–Trinajstić information content (AvgIpc) is 3.24. The van der Waals surface area contributed by atoms with E-state index in [0.717, 1.165) is 106 Å². The SMILES string of the molecule is C=C(CCc1ccc(F)cc1)CCc1cc2c(-c3cc(F)c4c(c3C)CCCO4)c(CC=O)c(C)nc2n1C. The van der Waals surface area contributed by atoms with E-state index in [2.05, 4.69) is 17.2 Å². The Labute approximate surface area is 228 Å². The second-order valence-electron chi connectivity index (χ2n) is 10.5. The number of aldehydes is 1. The molecule has 0 atom stereocenters. The number of ether oxygens (including phenoxy) is 1. The summed E-state index contributed by atoms with van der Waals surface area (Å²) in [5.74, 6) is -0.234. The number of hydrogen-bond donors (Lipinski definition) is 0. The van der Waals surface area contributed by atoms with Crippen molar-refractivity contribution in [2.75, 3.05) is 6.61 Å². The van der Waals surface area contributed by atoms with Crippen LogP contribution < -0.4 is 4.74 Å². The Balaban J connectivity index is 1.50. The fourth-order valence-corrected chi connectivity index (χ4v) is 5.73. The van der Waals surface area contributed by atoms with E-state index in [-0.39, 0.29) is 18.1 Å². The molecule has 0 saturated carbocycles. The van der Waals surface area contributed by atoms with Gasteiger partial charge in [-0.3, -0.25) is 0 Å². The molecule has 1 aliphatic heterocycles. The molecule has 0 spiro atoms. The lowest BCUT2D eigenvalue weighted by atomic mass is 9.87. The summed E-state index contributed by atoms with van der Waals surface area (Å²) in [7, 11) is 2.00. The zero-order chi connectivity index (χ0) is 27.7. The van der Waals surface area contributed by atoms with Crippen molar-refractivity contribution >= 4 is 17.3 Å². The van der Waals surface area contributed by atoms with Crippen molar-refractivity contribution in [3.63, 3.8) is 0 Å². The normalized spacial score (nSPS) is 12.8. The minimum atomic E-state index is -0.362. The van der Waals surface area contributed by atoms with Crippen LogP contribution in [0.3, 0.4) is 0 Å². The Bertz CT molecular complexity index is 1570. The van der Waals surface area contributed by atoms with Crippen molar-refractivity contribution in [2.45, 2.75) is 58.8 Å². The van der Waals surface area contributed by atoms with Crippen LogP contribution in [-0.2, 0) is 37.5 Å². The Hall–Kier alpha value is -3.80. The van der Waals surface area contributed by atoms with Crippen molar-refractivity contribution in [1.29, 1.82) is 0 Å². The molecule has 1 aliphatic rings. The molecule has 0 amide bonds. The van der Waals surface area contributed by atoms with Crippen molar-refractivity contribution < 1.29 is 18.3 Å². The second-order valence-corrected chi connectivity index (χ2v) is 10.5. The number of carbonyl (C=O) groups excluding carboxylic acids is 1. The first-order valence-electron chi connectivity index (χ1n) is 13.6. The summed E-state index contributed by atoms with van der Waals surface area (Å²) in [6.45, 7) is 8.73. The molecule has 0 aliphatic carbocycles. The summed E-state index contributed by atoms with van der Waals surface area (Å²) in [6, 6.07) is 10.3. The smallest absolute Gasteiger partial charge is 0.165 e. The van der Waals surface area contributed by atoms with E-state index in [4.69, 9.17) is 9.72 Å². The highest BCUT2D eigenvalue weighted by molar-refractivity contribution is 5.98. The highest BCUT2D eigenvalue weighted by atomic mass is 19.1. The Morgan fingerprint density at radius 1 is 1.13 bits per heavy atom. The molecule has 0 bridgehead atoms. The minimum Gasteiger partial charge on any atom is -0.490 e. The van der Waals surface area contributed by atoms with Gasteiger partial charge in [-0.25, -0.2) is 13.8 Å². The van der Waals surface area contributed by atoms with Crippen LogP contribution in [0, 0.1) is 25.5 Å². The molecule has 0 fully saturated rings. The first kappa shape index (κ1) is 26.8. The standard InChI is InChI=1S/C33H34F2N2O2/c1-20(7-9-23-10-12-24(34)13-11-23)8-14-25-18-29-31(27(15-16-38)22(3)36-33(29)37(25)4)28-19-30(35)32-26(21(28)2)6-5-17-39-32/h10-13,16,18-19H,1,5-9,14-15,17H2,2-4H3. The number of allylic oxidation sites excluding steroid dienone is 1. The number of carbonyl (C=O) groups is 1. The molecule has 4 aromatic rings. The largest absolute Gasteiger partial charge is 0.490 e. The van der Waals surface area contributed by atoms with Gasteiger partial charge < -0.3 is 14.1 Å². The van der Waals surface area contributed by atoms with Gasteiger partial charge in [0.1, 0.15) is 17.8 Å². The minimum absolute atomic E-state index is 0.211. The van der Waals surface area contributed by atoms with Gasteiger partial charge in [0.05, 0.1) is 6.61 Å². The predicted molar refractivity (Wildman–Crippen MR) is 151 cm³/mol. The number of fused-ring (bicyclic) bond motifs is 2. The summed E-state index contributed by atoms with van der Waals surface area (Å²) in [5.41, 5.74) is 9.31. The van der Waals surface area contributed by atoms with Crippen molar-refractivity contribution in [3.8, 4) is 16.9 Å². The van der Waals surface area contributed by atoms with Crippen LogP contribution in [0.1, 0.15) is 52.9 Å². The van der Waals surface area contributed by atoms with Crippen molar-refractivity contribution in [2.24, 2.45) is 7.05 Å². The number of rotatable bonds is 9. The van der Waals surface area contributed by atoms with Gasteiger partial charge >= 0.3 is 0 Å². The number of aryl methyl sites for hydroxylation is 4. The van der Waals surface area contributed by atoms with Crippen LogP contribution >= 0.6 is 0 Å². The van der Waals surface area contributed by atoms with Crippen LogP contribution in [0.5, 0.6) is 5.75 Å². The third kappa shape index (κ3) is 5.25. The monoisotopic (exact) mass is 528 g/mol. The van der Waals surface area contributed by atoms with Crippen molar-refractivity contribution in [1.82, 2.24) is 9.55 Å². The zero-order valence-corrected chi connectivity index (χ0v) is 22.9. The second kappa shape index (κ2) is 11.1. The van der Waals surface area contributed by atoms with E-state index in [1.165, 1.54) is 12.1 Å². The van der Waals surface area contributed by atoms with Gasteiger partial charge in [-0.1, -0.05) is 24.3 Å². The summed E-state index contributed by atoms with van der Waals surface area (Å²) in [4.78, 5) is 16.6. The van der Waals surface area contributed by atoms with Gasteiger partial charge in [0.2, 0.25) is 0 Å². The zero-order valence-electron chi connectivity index (χ0n) is 22.9. The quantitative estimate of drug-likeness (QED) is 0.169. The molecule has 5 rings (SSSR count). The van der Waals surface area contributed by atoms with Crippen LogP contribution in [0.2, 0.25) is 0 Å². The highest BCUT2D eigenvalue weighted by Gasteiger charge is 2.25. The Morgan fingerprint density at radius 2 is 1.87 bits per heavy atom. The number of halogens is 2. The predicted octanol–water partition coefficient (Wildman–Crippen LogP) is 7.32. The van der Waals surface area contributed by atoms with Gasteiger partial charge in [0.25, 0.3) is 0 Å². The Kier molecular flexibility index (Phi) is 7.65. The molecule has 0 unspecified atom stereocenters. The first-order valence-corrected chi connectivity index (χ1v) is 13.6. The van der Waals surface area contributed by atoms with Gasteiger partial charge in [0, 0.05) is 35.8 Å². The molecule has 4 nitrogen and oxygen atoms in total. The van der Waals surface area contributed by atoms with Crippen LogP contribution in [0.4, 0.5) is 8.78 Å². The van der Waals surface area contributed by atoms with E-state index in [9.17, 15) is 9.18 Å². The fraction of sp³-hybridized carbons (Fsp3) is 0.333. The summed E-state index contributed by atoms with van der Waals surface area (Å²) >= 11 is 0. The number of benzene rings is 2. The molecule has 3 heterocycles. The van der Waals surface area contributed by atoms with E-state index in [1.54, 1.807) is 6.07 Å². The lowest BCUT2D eigenvalue weighted by Crippen LogP contribution is -2.12. The highest BCUT2D eigenvalue weighted by Crippen LogP contribution is 2.42. The molecule has 202 valence electrons. The molecular weight excluding hydrogens is 494 g/mol. The maximum absolute atomic E-state index is 15.3. The van der Waals surface area contributed by atoms with Crippen LogP contribution in [0.25, 0.3) is 22.2 Å². The molecule has 39 heavy (non-hydrogen) atoms. The topological polar surface area (TPSA) is 44.1 Å². The number of hydrogen-bond acceptors (Lipinski definition) is 3. The summed E-state index contributed by atoms with van der Waals surface area (Å²) in [5, 5.41) is 0.922. The molecule has 0 radical (unpaired) electrons. The third-order valence-electron chi connectivity index (χ3n) is 7.99. The fourth-order valence-electron chi connectivity index (χ4n) is 5.73. The maximum Gasteiger partial charge on any atom is 0.165 e. The van der Waals surface area contributed by atoms with Crippen LogP contribution in [-0.4, -0.2) is 22.4 Å². The number of aromatic nitrogens is 2. The van der Waals surface area contributed by atoms with Gasteiger partial charge in [-0.15, -0.1) is 0 Å². The van der Waals surface area contributed by atoms with Gasteiger partial charge in [-0.2, -0.15) is 0 Å². The average molecular weight is 529 g/mol. The van der Waals surface area contributed by atoms with E-state index >= 15 is 4.39 Å². The third-order valence-corrected chi connectivity index (χ3v) is 7.99. The number of pyridine rings is 1. The lowest BCUT2D eigenvalue weighted by Gasteiger charge is -2.23. The molecule has 0 saturated heterocycles. The number of nitrogens with zero attached hydrogens (tertiary/aromatic N) is 2. The van der Waals surface area contributed by atoms with Crippen molar-refractivity contribution in [3.05, 3.63) is 93.8 Å². The lowest BCUT2D eigenvalue weighted by molar-refractivity contribution is -0.107. The molecular formula is C33H34F2N2O2. The molecule has 2 aromatic carbocycles. The van der Waals surface area contributed by atoms with E-state index < -0.39 is 0 Å². The van der Waals surface area contributed by atoms with E-state index in [1.807, 2.05) is 33.0 Å². The van der Waals surface area contributed by atoms with Crippen LogP contribution in [0.15, 0.2) is 48.6 Å².